The Hall–Kier alpha value is -4.76. The Morgan fingerprint density at radius 2 is 1.88 bits per heavy atom. The number of fused-ring (bicyclic) bond motifs is 1. The first-order valence-corrected chi connectivity index (χ1v) is 16.5. The lowest BCUT2D eigenvalue weighted by Crippen LogP contribution is -2.25. The summed E-state index contributed by atoms with van der Waals surface area (Å²) in [6.45, 7) is 1.89. The summed E-state index contributed by atoms with van der Waals surface area (Å²) in [5.74, 6) is 0.862. The molecule has 9 rings (SSSR count). The number of pyridine rings is 1. The van der Waals surface area contributed by atoms with Crippen LogP contribution in [-0.2, 0) is 26.3 Å². The molecular weight excluding hydrogens is 617 g/mol. The number of rotatable bonds is 7. The third-order valence-electron chi connectivity index (χ3n) is 11.2. The summed E-state index contributed by atoms with van der Waals surface area (Å²) in [4.78, 5) is 22.5. The van der Waals surface area contributed by atoms with E-state index in [1.807, 2.05) is 19.2 Å². The molecule has 1 unspecified atom stereocenters. The molecule has 0 bridgehead atoms. The van der Waals surface area contributed by atoms with Crippen LogP contribution < -0.4 is 10.2 Å². The van der Waals surface area contributed by atoms with Gasteiger partial charge < -0.3 is 9.88 Å². The Morgan fingerprint density at radius 1 is 1.04 bits per heavy atom. The Morgan fingerprint density at radius 3 is 2.54 bits per heavy atom. The lowest BCUT2D eigenvalue weighted by molar-refractivity contribution is -0.138. The predicted molar refractivity (Wildman–Crippen MR) is 172 cm³/mol. The number of aromatic nitrogens is 4. The fourth-order valence-corrected chi connectivity index (χ4v) is 7.91. The van der Waals surface area contributed by atoms with Crippen molar-refractivity contribution in [2.45, 2.75) is 63.8 Å². The second-order valence-electron chi connectivity index (χ2n) is 14.5. The Kier molecular flexibility index (Phi) is 6.20. The topological polar surface area (TPSA) is 103 Å². The van der Waals surface area contributed by atoms with Gasteiger partial charge in [0.25, 0.3) is 5.91 Å². The van der Waals surface area contributed by atoms with Crippen LogP contribution in [0.25, 0.3) is 22.5 Å². The zero-order valence-electron chi connectivity index (χ0n) is 26.4. The number of benzene rings is 2. The smallest absolute Gasteiger partial charge is 0.367 e. The molecule has 2 aliphatic heterocycles. The highest BCUT2D eigenvalue weighted by atomic mass is 19.4. The molecule has 3 saturated carbocycles. The van der Waals surface area contributed by atoms with Crippen LogP contribution in [0.1, 0.15) is 71.1 Å². The van der Waals surface area contributed by atoms with Crippen LogP contribution >= 0.6 is 0 Å². The summed E-state index contributed by atoms with van der Waals surface area (Å²) < 4.78 is 45.5. The van der Waals surface area contributed by atoms with Gasteiger partial charge in [-0.15, -0.1) is 10.2 Å². The van der Waals surface area contributed by atoms with Crippen molar-refractivity contribution in [3.8, 4) is 28.6 Å². The number of amides is 1. The first-order valence-electron chi connectivity index (χ1n) is 16.5. The van der Waals surface area contributed by atoms with Crippen molar-refractivity contribution < 1.29 is 18.0 Å². The molecule has 3 aliphatic carbocycles. The van der Waals surface area contributed by atoms with Crippen LogP contribution in [0.15, 0.2) is 48.8 Å². The first kappa shape index (κ1) is 29.4. The Balaban J connectivity index is 1.12. The number of anilines is 2. The normalized spacial score (nSPS) is 21.5. The van der Waals surface area contributed by atoms with Crippen molar-refractivity contribution >= 4 is 17.5 Å². The van der Waals surface area contributed by atoms with E-state index in [1.165, 1.54) is 23.8 Å². The molecule has 1 amide bonds. The summed E-state index contributed by atoms with van der Waals surface area (Å²) in [6.07, 6.45) is 3.75. The van der Waals surface area contributed by atoms with Gasteiger partial charge in [-0.25, -0.2) is 4.98 Å². The van der Waals surface area contributed by atoms with E-state index >= 15 is 0 Å². The van der Waals surface area contributed by atoms with E-state index in [0.29, 0.717) is 51.3 Å². The minimum absolute atomic E-state index is 0.0246. The highest BCUT2D eigenvalue weighted by Gasteiger charge is 2.63. The molecule has 1 saturated heterocycles. The Labute approximate surface area is 275 Å². The van der Waals surface area contributed by atoms with E-state index in [-0.39, 0.29) is 29.5 Å². The standard InChI is InChI=1S/C36H33F3N8O/c1-45-20-41-44-32(45)24-3-2-21(16-40)10-25(24)23-13-30(42-29-15-35(29)6-7-35)43-31(14-23)47-18-27-26(33(47)48)11-22(12-28(27)36(37,38)39)17-46-9-8-34(19-46)4-5-34/h2-3,10-14,20,29H,4-9,15,17-19H2,1H3,(H,42,43). The second kappa shape index (κ2) is 10.1. The largest absolute Gasteiger partial charge is 0.416 e. The van der Waals surface area contributed by atoms with Crippen molar-refractivity contribution in [1.29, 1.82) is 5.26 Å². The van der Waals surface area contributed by atoms with Crippen LogP contribution in [0.5, 0.6) is 0 Å². The molecule has 244 valence electrons. The van der Waals surface area contributed by atoms with Crippen molar-refractivity contribution in [2.75, 3.05) is 23.3 Å². The van der Waals surface area contributed by atoms with Crippen molar-refractivity contribution in [3.05, 3.63) is 76.6 Å². The predicted octanol–water partition coefficient (Wildman–Crippen LogP) is 6.55. The summed E-state index contributed by atoms with van der Waals surface area (Å²) >= 11 is 0. The number of hydrogen-bond donors (Lipinski definition) is 1. The zero-order valence-corrected chi connectivity index (χ0v) is 26.4. The van der Waals surface area contributed by atoms with Gasteiger partial charge in [0, 0.05) is 37.3 Å². The number of carbonyl (C=O) groups excluding carboxylic acids is 1. The lowest BCUT2D eigenvalue weighted by atomic mass is 9.97. The molecule has 9 nitrogen and oxygen atoms in total. The van der Waals surface area contributed by atoms with Crippen LogP contribution in [-0.4, -0.2) is 49.7 Å². The maximum Gasteiger partial charge on any atom is 0.416 e. The third kappa shape index (κ3) is 4.94. The third-order valence-corrected chi connectivity index (χ3v) is 11.2. The fraction of sp³-hybridized carbons (Fsp3) is 0.417. The first-order chi connectivity index (χ1) is 23.0. The maximum atomic E-state index is 14.6. The molecular formula is C36H33F3N8O. The molecule has 1 atom stereocenters. The molecule has 4 aromatic rings. The minimum Gasteiger partial charge on any atom is -0.367 e. The quantitative estimate of drug-likeness (QED) is 0.242. The highest BCUT2D eigenvalue weighted by Crippen LogP contribution is 2.66. The van der Waals surface area contributed by atoms with Crippen LogP contribution in [0, 0.1) is 22.2 Å². The number of hydrogen-bond acceptors (Lipinski definition) is 7. The van der Waals surface area contributed by atoms with Crippen LogP contribution in [0.4, 0.5) is 24.8 Å². The van der Waals surface area contributed by atoms with E-state index in [0.717, 1.165) is 44.3 Å². The number of nitrogens with zero attached hydrogens (tertiary/aromatic N) is 7. The van der Waals surface area contributed by atoms with Crippen LogP contribution in [0.2, 0.25) is 0 Å². The average Bonchev–Trinajstić information content (AvgIpc) is 4.00. The average molecular weight is 651 g/mol. The summed E-state index contributed by atoms with van der Waals surface area (Å²) in [6, 6.07) is 14.2. The van der Waals surface area contributed by atoms with Crippen molar-refractivity contribution in [1.82, 2.24) is 24.6 Å². The van der Waals surface area contributed by atoms with E-state index in [2.05, 4.69) is 26.5 Å². The second-order valence-corrected chi connectivity index (χ2v) is 14.5. The molecule has 1 N–H and O–H groups in total. The molecule has 2 spiro atoms. The van der Waals surface area contributed by atoms with Crippen LogP contribution in [0.3, 0.4) is 0 Å². The summed E-state index contributed by atoms with van der Waals surface area (Å²) in [5, 5.41) is 21.6. The molecule has 0 radical (unpaired) electrons. The van der Waals surface area contributed by atoms with Gasteiger partial charge in [0.2, 0.25) is 0 Å². The van der Waals surface area contributed by atoms with Crippen molar-refractivity contribution in [3.63, 3.8) is 0 Å². The van der Waals surface area contributed by atoms with Gasteiger partial charge in [-0.05, 0) is 121 Å². The van der Waals surface area contributed by atoms with Gasteiger partial charge >= 0.3 is 6.18 Å². The summed E-state index contributed by atoms with van der Waals surface area (Å²) in [7, 11) is 1.82. The minimum atomic E-state index is -4.62. The monoisotopic (exact) mass is 650 g/mol. The highest BCUT2D eigenvalue weighted by molar-refractivity contribution is 6.10. The molecule has 2 aromatic carbocycles. The van der Waals surface area contributed by atoms with Crippen molar-refractivity contribution in [2.24, 2.45) is 17.9 Å². The molecule has 4 fully saturated rings. The lowest BCUT2D eigenvalue weighted by Gasteiger charge is -2.19. The van der Waals surface area contributed by atoms with Gasteiger partial charge in [0.15, 0.2) is 5.82 Å². The zero-order chi connectivity index (χ0) is 33.0. The number of nitriles is 1. The number of nitrogens with one attached hydrogen (secondary N) is 1. The molecule has 4 heterocycles. The number of aryl methyl sites for hydroxylation is 1. The van der Waals surface area contributed by atoms with Gasteiger partial charge in [0.1, 0.15) is 18.0 Å². The van der Waals surface area contributed by atoms with Gasteiger partial charge in [-0.3, -0.25) is 14.6 Å². The molecule has 5 aliphatic rings. The van der Waals surface area contributed by atoms with E-state index < -0.39 is 17.6 Å². The SMILES string of the molecule is Cn1cnnc1-c1ccc(C#N)cc1-c1cc(NC2CC23CC3)nc(N2Cc3c(cc(CN4CCC5(CC5)C4)cc3C(F)(F)F)C2=O)c1. The molecule has 48 heavy (non-hydrogen) atoms. The summed E-state index contributed by atoms with van der Waals surface area (Å²) in [5.41, 5.74) is 2.92. The van der Waals surface area contributed by atoms with E-state index in [9.17, 15) is 23.2 Å². The number of likely N-dealkylation sites (tertiary alicyclic amines) is 1. The van der Waals surface area contributed by atoms with E-state index in [4.69, 9.17) is 4.98 Å². The van der Waals surface area contributed by atoms with Gasteiger partial charge in [-0.2, -0.15) is 18.4 Å². The van der Waals surface area contributed by atoms with Gasteiger partial charge in [0.05, 0.1) is 23.7 Å². The molecule has 12 heteroatoms. The molecule has 2 aromatic heterocycles. The Bertz CT molecular complexity index is 2050. The fourth-order valence-electron chi connectivity index (χ4n) is 7.91. The maximum absolute atomic E-state index is 14.6. The number of alkyl halides is 3. The van der Waals surface area contributed by atoms with Gasteiger partial charge in [-0.1, -0.05) is 0 Å². The number of halogens is 3. The number of carbonyl (C=O) groups is 1. The van der Waals surface area contributed by atoms with E-state index in [1.54, 1.807) is 35.2 Å².